The fourth-order valence-corrected chi connectivity index (χ4v) is 1.80. The first-order valence-corrected chi connectivity index (χ1v) is 5.80. The van der Waals surface area contributed by atoms with Crippen molar-refractivity contribution >= 4 is 5.91 Å². The first-order valence-electron chi connectivity index (χ1n) is 5.80. The number of amides is 1. The minimum absolute atomic E-state index is 0.0882. The number of aryl methyl sites for hydroxylation is 2. The van der Waals surface area contributed by atoms with Crippen LogP contribution in [0.15, 0.2) is 24.3 Å². The predicted octanol–water partition coefficient (Wildman–Crippen LogP) is 1.31. The SMILES string of the molecule is CNC(=O)Cn1nc(C)nc1-c1ccccc1C. The highest BCUT2D eigenvalue weighted by molar-refractivity contribution is 5.76. The lowest BCUT2D eigenvalue weighted by Crippen LogP contribution is -2.24. The van der Waals surface area contributed by atoms with Gasteiger partial charge in [-0.1, -0.05) is 24.3 Å². The number of nitrogens with one attached hydrogen (secondary N) is 1. The largest absolute Gasteiger partial charge is 0.358 e. The van der Waals surface area contributed by atoms with E-state index in [9.17, 15) is 4.79 Å². The molecule has 0 bridgehead atoms. The summed E-state index contributed by atoms with van der Waals surface area (Å²) in [6.07, 6.45) is 0. The molecule has 94 valence electrons. The Balaban J connectivity index is 2.45. The molecule has 1 aromatic carbocycles. The lowest BCUT2D eigenvalue weighted by Gasteiger charge is -2.07. The number of benzene rings is 1. The summed E-state index contributed by atoms with van der Waals surface area (Å²) >= 11 is 0. The van der Waals surface area contributed by atoms with Crippen LogP contribution in [0.1, 0.15) is 11.4 Å². The first-order chi connectivity index (χ1) is 8.61. The molecule has 1 N–H and O–H groups in total. The van der Waals surface area contributed by atoms with Gasteiger partial charge in [-0.2, -0.15) is 5.10 Å². The van der Waals surface area contributed by atoms with Gasteiger partial charge in [0.2, 0.25) is 5.91 Å². The molecule has 18 heavy (non-hydrogen) atoms. The van der Waals surface area contributed by atoms with Gasteiger partial charge >= 0.3 is 0 Å². The van der Waals surface area contributed by atoms with Gasteiger partial charge in [0, 0.05) is 12.6 Å². The van der Waals surface area contributed by atoms with Crippen LogP contribution in [0.3, 0.4) is 0 Å². The predicted molar refractivity (Wildman–Crippen MR) is 69.0 cm³/mol. The van der Waals surface area contributed by atoms with E-state index < -0.39 is 0 Å². The molecule has 0 spiro atoms. The van der Waals surface area contributed by atoms with Crippen molar-refractivity contribution in [1.82, 2.24) is 20.1 Å². The maximum absolute atomic E-state index is 11.5. The molecule has 0 aliphatic rings. The number of hydrogen-bond acceptors (Lipinski definition) is 3. The van der Waals surface area contributed by atoms with E-state index in [1.165, 1.54) is 0 Å². The lowest BCUT2D eigenvalue weighted by molar-refractivity contribution is -0.121. The Morgan fingerprint density at radius 3 is 2.72 bits per heavy atom. The van der Waals surface area contributed by atoms with Crippen LogP contribution in [-0.4, -0.2) is 27.7 Å². The van der Waals surface area contributed by atoms with Crippen LogP contribution in [0.25, 0.3) is 11.4 Å². The van der Waals surface area contributed by atoms with E-state index in [0.29, 0.717) is 5.82 Å². The highest BCUT2D eigenvalue weighted by Gasteiger charge is 2.13. The van der Waals surface area contributed by atoms with E-state index in [-0.39, 0.29) is 12.5 Å². The summed E-state index contributed by atoms with van der Waals surface area (Å²) in [6, 6.07) is 7.93. The van der Waals surface area contributed by atoms with Crippen molar-refractivity contribution in [1.29, 1.82) is 0 Å². The molecule has 1 amide bonds. The van der Waals surface area contributed by atoms with Crippen molar-refractivity contribution in [3.05, 3.63) is 35.7 Å². The standard InChI is InChI=1S/C13H16N4O/c1-9-6-4-5-7-11(9)13-15-10(2)16-17(13)8-12(18)14-3/h4-7H,8H2,1-3H3,(H,14,18). The van der Waals surface area contributed by atoms with E-state index in [1.54, 1.807) is 11.7 Å². The summed E-state index contributed by atoms with van der Waals surface area (Å²) in [6.45, 7) is 4.02. The molecule has 0 atom stereocenters. The zero-order chi connectivity index (χ0) is 13.1. The minimum Gasteiger partial charge on any atom is -0.358 e. The quantitative estimate of drug-likeness (QED) is 0.885. The van der Waals surface area contributed by atoms with Crippen molar-refractivity contribution in [2.75, 3.05) is 7.05 Å². The molecule has 2 aromatic rings. The lowest BCUT2D eigenvalue weighted by atomic mass is 10.1. The van der Waals surface area contributed by atoms with E-state index >= 15 is 0 Å². The van der Waals surface area contributed by atoms with Crippen LogP contribution in [0.4, 0.5) is 0 Å². The molecular weight excluding hydrogens is 228 g/mol. The normalized spacial score (nSPS) is 10.4. The molecule has 5 heteroatoms. The maximum atomic E-state index is 11.5. The van der Waals surface area contributed by atoms with Crippen LogP contribution in [0.5, 0.6) is 0 Å². The fraction of sp³-hybridized carbons (Fsp3) is 0.308. The van der Waals surface area contributed by atoms with Gasteiger partial charge in [0.1, 0.15) is 12.4 Å². The molecule has 0 unspecified atom stereocenters. The highest BCUT2D eigenvalue weighted by Crippen LogP contribution is 2.21. The van der Waals surface area contributed by atoms with Crippen molar-refractivity contribution in [3.63, 3.8) is 0 Å². The molecule has 5 nitrogen and oxygen atoms in total. The van der Waals surface area contributed by atoms with E-state index in [2.05, 4.69) is 15.4 Å². The van der Waals surface area contributed by atoms with Crippen LogP contribution < -0.4 is 5.32 Å². The highest BCUT2D eigenvalue weighted by atomic mass is 16.1. The Morgan fingerprint density at radius 1 is 1.33 bits per heavy atom. The van der Waals surface area contributed by atoms with Crippen LogP contribution >= 0.6 is 0 Å². The van der Waals surface area contributed by atoms with Gasteiger partial charge in [-0.15, -0.1) is 0 Å². The van der Waals surface area contributed by atoms with Crippen LogP contribution in [0.2, 0.25) is 0 Å². The topological polar surface area (TPSA) is 59.8 Å². The Bertz CT molecular complexity index is 574. The van der Waals surface area contributed by atoms with E-state index in [1.807, 2.05) is 38.1 Å². The average molecular weight is 244 g/mol. The number of rotatable bonds is 3. The summed E-state index contributed by atoms with van der Waals surface area (Å²) in [4.78, 5) is 15.9. The molecule has 1 aromatic heterocycles. The molecule has 2 rings (SSSR count). The number of aromatic nitrogens is 3. The molecule has 0 fully saturated rings. The Morgan fingerprint density at radius 2 is 2.06 bits per heavy atom. The summed E-state index contributed by atoms with van der Waals surface area (Å²) in [5.74, 6) is 1.31. The molecule has 0 radical (unpaired) electrons. The minimum atomic E-state index is -0.0882. The van der Waals surface area contributed by atoms with Gasteiger partial charge in [-0.25, -0.2) is 9.67 Å². The number of nitrogens with zero attached hydrogens (tertiary/aromatic N) is 3. The van der Waals surface area contributed by atoms with Crippen molar-refractivity contribution in [2.45, 2.75) is 20.4 Å². The maximum Gasteiger partial charge on any atom is 0.241 e. The zero-order valence-electron chi connectivity index (χ0n) is 10.8. The summed E-state index contributed by atoms with van der Waals surface area (Å²) in [5, 5.41) is 6.85. The van der Waals surface area contributed by atoms with Gasteiger partial charge in [-0.05, 0) is 19.4 Å². The number of likely N-dealkylation sites (N-methyl/N-ethyl adjacent to an activating group) is 1. The van der Waals surface area contributed by atoms with E-state index in [0.717, 1.165) is 17.0 Å². The monoisotopic (exact) mass is 244 g/mol. The van der Waals surface area contributed by atoms with Crippen molar-refractivity contribution < 1.29 is 4.79 Å². The molecule has 0 saturated carbocycles. The summed E-state index contributed by atoms with van der Waals surface area (Å²) in [5.41, 5.74) is 2.12. The Labute approximate surface area is 106 Å². The zero-order valence-corrected chi connectivity index (χ0v) is 10.8. The van der Waals surface area contributed by atoms with Gasteiger partial charge in [0.05, 0.1) is 0 Å². The second-order valence-electron chi connectivity index (χ2n) is 4.13. The average Bonchev–Trinajstić information content (AvgIpc) is 2.70. The summed E-state index contributed by atoms with van der Waals surface area (Å²) in [7, 11) is 1.61. The van der Waals surface area contributed by atoms with Crippen molar-refractivity contribution in [2.24, 2.45) is 0 Å². The van der Waals surface area contributed by atoms with Crippen molar-refractivity contribution in [3.8, 4) is 11.4 Å². The molecule has 1 heterocycles. The molecular formula is C13H16N4O. The third kappa shape index (κ3) is 2.40. The number of hydrogen-bond donors (Lipinski definition) is 1. The van der Waals surface area contributed by atoms with Crippen LogP contribution in [-0.2, 0) is 11.3 Å². The van der Waals surface area contributed by atoms with Gasteiger partial charge in [0.25, 0.3) is 0 Å². The molecule has 0 aliphatic heterocycles. The number of carbonyl (C=O) groups is 1. The third-order valence-electron chi connectivity index (χ3n) is 2.74. The molecule has 0 aliphatic carbocycles. The van der Waals surface area contributed by atoms with Gasteiger partial charge < -0.3 is 5.32 Å². The van der Waals surface area contributed by atoms with E-state index in [4.69, 9.17) is 0 Å². The first kappa shape index (κ1) is 12.3. The Hall–Kier alpha value is -2.17. The fourth-order valence-electron chi connectivity index (χ4n) is 1.80. The third-order valence-corrected chi connectivity index (χ3v) is 2.74. The second-order valence-corrected chi connectivity index (χ2v) is 4.13. The Kier molecular flexibility index (Phi) is 3.41. The number of carbonyl (C=O) groups excluding carboxylic acids is 1. The second kappa shape index (κ2) is 5.00. The summed E-state index contributed by atoms with van der Waals surface area (Å²) < 4.78 is 1.64. The van der Waals surface area contributed by atoms with Gasteiger partial charge in [0.15, 0.2) is 5.82 Å². The molecule has 0 saturated heterocycles. The smallest absolute Gasteiger partial charge is 0.241 e. The van der Waals surface area contributed by atoms with Crippen LogP contribution in [0, 0.1) is 13.8 Å². The van der Waals surface area contributed by atoms with Gasteiger partial charge in [-0.3, -0.25) is 4.79 Å².